The number of nitrogens with zero attached hydrogens (tertiary/aromatic N) is 3. The number of hydrogen-bond acceptors (Lipinski definition) is 6. The van der Waals surface area contributed by atoms with Crippen molar-refractivity contribution in [1.29, 1.82) is 0 Å². The first-order chi connectivity index (χ1) is 15.8. The molecule has 4 rings (SSSR count). The minimum absolute atomic E-state index is 0.0856. The fourth-order valence-corrected chi connectivity index (χ4v) is 4.35. The zero-order chi connectivity index (χ0) is 23.8. The van der Waals surface area contributed by atoms with E-state index in [1.54, 1.807) is 27.1 Å². The number of fused-ring (bicyclic) bond motifs is 1. The lowest BCUT2D eigenvalue weighted by Crippen LogP contribution is -2.41. The Morgan fingerprint density at radius 1 is 1.21 bits per heavy atom. The van der Waals surface area contributed by atoms with Crippen LogP contribution in [0.2, 0.25) is 0 Å². The lowest BCUT2D eigenvalue weighted by molar-refractivity contribution is -0.0956. The summed E-state index contributed by atoms with van der Waals surface area (Å²) in [6, 6.07) is 4.93. The third kappa shape index (κ3) is 4.08. The predicted octanol–water partition coefficient (Wildman–Crippen LogP) is 4.23. The van der Waals surface area contributed by atoms with Gasteiger partial charge in [-0.1, -0.05) is 18.2 Å². The van der Waals surface area contributed by atoms with Crippen molar-refractivity contribution in [3.05, 3.63) is 63.5 Å². The molecule has 1 fully saturated rings. The van der Waals surface area contributed by atoms with Crippen LogP contribution in [0.5, 0.6) is 0 Å². The van der Waals surface area contributed by atoms with Gasteiger partial charge in [-0.15, -0.1) is 0 Å². The average molecular weight is 462 g/mol. The maximum absolute atomic E-state index is 14.7. The highest BCUT2D eigenvalue weighted by Gasteiger charge is 2.37. The van der Waals surface area contributed by atoms with Gasteiger partial charge in [-0.3, -0.25) is 9.36 Å². The molecule has 7 nitrogen and oxygen atoms in total. The molecule has 0 unspecified atom stereocenters. The van der Waals surface area contributed by atoms with Gasteiger partial charge in [0.2, 0.25) is 0 Å². The minimum atomic E-state index is -2.92. The third-order valence-corrected chi connectivity index (χ3v) is 6.30. The zero-order valence-corrected chi connectivity index (χ0v) is 18.6. The number of aryl methyl sites for hydroxylation is 1. The van der Waals surface area contributed by atoms with Gasteiger partial charge in [-0.2, -0.15) is 0 Å². The van der Waals surface area contributed by atoms with Crippen molar-refractivity contribution in [2.24, 2.45) is 7.05 Å². The van der Waals surface area contributed by atoms with E-state index in [2.05, 4.69) is 15.3 Å². The van der Waals surface area contributed by atoms with Crippen molar-refractivity contribution in [2.45, 2.75) is 37.8 Å². The summed E-state index contributed by atoms with van der Waals surface area (Å²) in [6.07, 6.45) is -0.590. The monoisotopic (exact) mass is 462 g/mol. The molecular weight excluding hydrogens is 437 g/mol. The maximum atomic E-state index is 14.7. The van der Waals surface area contributed by atoms with Crippen LogP contribution in [0.4, 0.5) is 19.0 Å². The molecule has 3 aromatic rings. The van der Waals surface area contributed by atoms with Gasteiger partial charge in [0, 0.05) is 45.8 Å². The zero-order valence-electron chi connectivity index (χ0n) is 18.6. The summed E-state index contributed by atoms with van der Waals surface area (Å²) in [4.78, 5) is 21.7. The average Bonchev–Trinajstić information content (AvgIpc) is 2.82. The second-order valence-corrected chi connectivity index (χ2v) is 8.11. The van der Waals surface area contributed by atoms with Crippen LogP contribution in [-0.2, 0) is 22.1 Å². The Bertz CT molecular complexity index is 1230. The van der Waals surface area contributed by atoms with Crippen LogP contribution in [-0.4, -0.2) is 34.9 Å². The van der Waals surface area contributed by atoms with Crippen molar-refractivity contribution in [1.82, 2.24) is 14.5 Å². The van der Waals surface area contributed by atoms with E-state index in [1.165, 1.54) is 23.0 Å². The quantitative estimate of drug-likeness (QED) is 0.591. The van der Waals surface area contributed by atoms with Gasteiger partial charge in [0.05, 0.1) is 22.6 Å². The number of rotatable bonds is 6. The summed E-state index contributed by atoms with van der Waals surface area (Å²) in [5, 5.41) is 3.64. The van der Waals surface area contributed by atoms with Gasteiger partial charge in [-0.25, -0.2) is 23.1 Å². The molecule has 0 amide bonds. The highest BCUT2D eigenvalue weighted by atomic mass is 19.3. The lowest BCUT2D eigenvalue weighted by atomic mass is 9.86. The van der Waals surface area contributed by atoms with Gasteiger partial charge < -0.3 is 14.8 Å². The summed E-state index contributed by atoms with van der Waals surface area (Å²) >= 11 is 0. The molecule has 33 heavy (non-hydrogen) atoms. The SMILES string of the molecule is COC1(c2cc3c(N[C@H](C)c4cccc(C(F)F)c4F)ncnc3n(C)c2=O)CCOCC1. The largest absolute Gasteiger partial charge is 0.381 e. The number of nitrogens with one attached hydrogen (secondary N) is 1. The van der Waals surface area contributed by atoms with Gasteiger partial charge in [0.15, 0.2) is 0 Å². The molecule has 1 aliphatic heterocycles. The van der Waals surface area contributed by atoms with Crippen LogP contribution < -0.4 is 10.9 Å². The molecule has 0 radical (unpaired) electrons. The number of pyridine rings is 1. The number of alkyl halides is 2. The summed E-state index contributed by atoms with van der Waals surface area (Å²) in [5.41, 5.74) is -0.771. The first-order valence-corrected chi connectivity index (χ1v) is 10.6. The number of anilines is 1. The standard InChI is InChI=1S/C23H25F3N4O3/c1-13(14-5-4-6-15(18(14)24)19(25)26)29-20-16-11-17(23(32-3)7-9-33-10-8-23)22(31)30(2)21(16)28-12-27-20/h4-6,11-13,19H,7-10H2,1-3H3,(H,27,28,29)/t13-/m1/s1. The molecule has 0 saturated carbocycles. The molecule has 10 heteroatoms. The molecule has 0 bridgehead atoms. The lowest BCUT2D eigenvalue weighted by Gasteiger charge is -2.36. The van der Waals surface area contributed by atoms with E-state index < -0.39 is 29.4 Å². The van der Waals surface area contributed by atoms with Gasteiger partial charge >= 0.3 is 0 Å². The maximum Gasteiger partial charge on any atom is 0.266 e. The Morgan fingerprint density at radius 2 is 1.91 bits per heavy atom. The highest BCUT2D eigenvalue weighted by Crippen LogP contribution is 2.36. The number of ether oxygens (including phenoxy) is 2. The number of hydrogen-bond donors (Lipinski definition) is 1. The number of methoxy groups -OCH3 is 1. The van der Waals surface area contributed by atoms with Crippen LogP contribution in [0, 0.1) is 5.82 Å². The van der Waals surface area contributed by atoms with Crippen molar-refractivity contribution < 1.29 is 22.6 Å². The Kier molecular flexibility index (Phi) is 6.40. The summed E-state index contributed by atoms with van der Waals surface area (Å²) in [6.45, 7) is 2.57. The van der Waals surface area contributed by atoms with Crippen LogP contribution >= 0.6 is 0 Å². The van der Waals surface area contributed by atoms with E-state index in [-0.39, 0.29) is 11.1 Å². The molecule has 2 aromatic heterocycles. The smallest absolute Gasteiger partial charge is 0.266 e. The van der Waals surface area contributed by atoms with Crippen LogP contribution in [0.1, 0.15) is 48.9 Å². The first-order valence-electron chi connectivity index (χ1n) is 10.6. The summed E-state index contributed by atoms with van der Waals surface area (Å²) in [7, 11) is 3.18. The van der Waals surface area contributed by atoms with E-state index in [0.29, 0.717) is 48.5 Å². The molecule has 1 saturated heterocycles. The van der Waals surface area contributed by atoms with Gasteiger partial charge in [0.1, 0.15) is 29.2 Å². The second-order valence-electron chi connectivity index (χ2n) is 8.11. The van der Waals surface area contributed by atoms with Crippen LogP contribution in [0.15, 0.2) is 35.4 Å². The van der Waals surface area contributed by atoms with E-state index in [9.17, 15) is 18.0 Å². The van der Waals surface area contributed by atoms with Gasteiger partial charge in [-0.05, 0) is 13.0 Å². The van der Waals surface area contributed by atoms with Crippen molar-refractivity contribution in [3.63, 3.8) is 0 Å². The Hall–Kier alpha value is -2.98. The molecule has 176 valence electrons. The molecule has 1 N–H and O–H groups in total. The van der Waals surface area contributed by atoms with Crippen LogP contribution in [0.3, 0.4) is 0 Å². The number of halogens is 3. The van der Waals surface area contributed by atoms with E-state index in [1.807, 2.05) is 0 Å². The molecule has 1 atom stereocenters. The van der Waals surface area contributed by atoms with Crippen LogP contribution in [0.25, 0.3) is 11.0 Å². The Balaban J connectivity index is 1.80. The Labute approximate surface area is 188 Å². The van der Waals surface area contributed by atoms with Crippen molar-refractivity contribution in [3.8, 4) is 0 Å². The number of benzene rings is 1. The molecule has 1 aliphatic rings. The topological polar surface area (TPSA) is 78.3 Å². The van der Waals surface area contributed by atoms with E-state index in [4.69, 9.17) is 9.47 Å². The molecule has 0 aliphatic carbocycles. The highest BCUT2D eigenvalue weighted by molar-refractivity contribution is 5.87. The fourth-order valence-electron chi connectivity index (χ4n) is 4.35. The first kappa shape index (κ1) is 23.2. The van der Waals surface area contributed by atoms with E-state index >= 15 is 0 Å². The summed E-state index contributed by atoms with van der Waals surface area (Å²) < 4.78 is 53.7. The van der Waals surface area contributed by atoms with Gasteiger partial charge in [0.25, 0.3) is 12.0 Å². The van der Waals surface area contributed by atoms with Crippen molar-refractivity contribution in [2.75, 3.05) is 25.6 Å². The molecule has 1 aromatic carbocycles. The second kappa shape index (κ2) is 9.11. The van der Waals surface area contributed by atoms with Crippen molar-refractivity contribution >= 4 is 16.9 Å². The minimum Gasteiger partial charge on any atom is -0.381 e. The molecular formula is C23H25F3N4O3. The number of aromatic nitrogens is 3. The normalized spacial score (nSPS) is 16.8. The van der Waals surface area contributed by atoms with E-state index in [0.717, 1.165) is 6.07 Å². The Morgan fingerprint density at radius 3 is 2.58 bits per heavy atom. The molecule has 0 spiro atoms. The summed E-state index contributed by atoms with van der Waals surface area (Å²) in [5.74, 6) is -0.607. The predicted molar refractivity (Wildman–Crippen MR) is 117 cm³/mol. The molecule has 3 heterocycles. The fraction of sp³-hybridized carbons (Fsp3) is 0.435. The third-order valence-electron chi connectivity index (χ3n) is 6.30.